The zero-order valence-corrected chi connectivity index (χ0v) is 13.5. The van der Waals surface area contributed by atoms with Gasteiger partial charge in [-0.05, 0) is 37.0 Å². The zero-order valence-electron chi connectivity index (χ0n) is 11.9. The van der Waals surface area contributed by atoms with Gasteiger partial charge in [-0.25, -0.2) is 0 Å². The van der Waals surface area contributed by atoms with Crippen molar-refractivity contribution in [2.45, 2.75) is 25.7 Å². The van der Waals surface area contributed by atoms with E-state index >= 15 is 0 Å². The Morgan fingerprint density at radius 1 is 1.15 bits per heavy atom. The summed E-state index contributed by atoms with van der Waals surface area (Å²) in [5, 5.41) is 2.93. The molecule has 3 N–H and O–H groups in total. The predicted octanol–water partition coefficient (Wildman–Crippen LogP) is 2.97. The molecule has 1 aromatic carbocycles. The van der Waals surface area contributed by atoms with Gasteiger partial charge in [0.15, 0.2) is 0 Å². The van der Waals surface area contributed by atoms with E-state index in [9.17, 15) is 4.79 Å². The van der Waals surface area contributed by atoms with Gasteiger partial charge < -0.3 is 11.1 Å². The Kier molecular flexibility index (Phi) is 8.30. The van der Waals surface area contributed by atoms with Crippen molar-refractivity contribution in [1.29, 1.82) is 0 Å². The Morgan fingerprint density at radius 3 is 2.35 bits per heavy atom. The van der Waals surface area contributed by atoms with Crippen LogP contribution in [0.1, 0.15) is 41.6 Å². The second-order valence-corrected chi connectivity index (χ2v) is 6.03. The second-order valence-electron chi connectivity index (χ2n) is 4.60. The van der Waals surface area contributed by atoms with Crippen molar-refractivity contribution in [2.75, 3.05) is 18.6 Å². The molecule has 0 aliphatic carbocycles. The smallest absolute Gasteiger partial charge is 0.251 e. The van der Waals surface area contributed by atoms with Gasteiger partial charge in [-0.1, -0.05) is 37.2 Å². The number of nitrogens with one attached hydrogen (secondary N) is 1. The third-order valence-electron chi connectivity index (χ3n) is 2.99. The van der Waals surface area contributed by atoms with Crippen LogP contribution in [0.3, 0.4) is 0 Å². The fourth-order valence-corrected chi connectivity index (χ4v) is 2.44. The van der Waals surface area contributed by atoms with Crippen LogP contribution in [0.2, 0.25) is 0 Å². The number of hydrogen-bond donors (Lipinski definition) is 2. The van der Waals surface area contributed by atoms with Crippen LogP contribution in [0.5, 0.6) is 0 Å². The van der Waals surface area contributed by atoms with E-state index in [1.54, 1.807) is 24.3 Å². The Balaban J connectivity index is 2.24. The van der Waals surface area contributed by atoms with Gasteiger partial charge in [-0.2, -0.15) is 11.8 Å². The molecule has 0 heterocycles. The van der Waals surface area contributed by atoms with Gasteiger partial charge in [0.05, 0.1) is 0 Å². The third-order valence-corrected chi connectivity index (χ3v) is 3.93. The van der Waals surface area contributed by atoms with E-state index in [0.717, 1.165) is 18.5 Å². The quantitative estimate of drug-likeness (QED) is 0.544. The summed E-state index contributed by atoms with van der Waals surface area (Å²) in [6.45, 7) is 0.731. The maximum Gasteiger partial charge on any atom is 0.251 e. The van der Waals surface area contributed by atoms with E-state index in [4.69, 9.17) is 18.0 Å². The molecule has 0 aromatic heterocycles. The van der Waals surface area contributed by atoms with Crippen LogP contribution in [0.4, 0.5) is 0 Å². The summed E-state index contributed by atoms with van der Waals surface area (Å²) in [5.41, 5.74) is 6.95. The van der Waals surface area contributed by atoms with Crippen molar-refractivity contribution in [1.82, 2.24) is 5.32 Å². The first-order chi connectivity index (χ1) is 9.65. The molecule has 110 valence electrons. The zero-order chi connectivity index (χ0) is 14.8. The van der Waals surface area contributed by atoms with Crippen LogP contribution in [0, 0.1) is 0 Å². The summed E-state index contributed by atoms with van der Waals surface area (Å²) < 4.78 is 0. The molecule has 0 spiro atoms. The summed E-state index contributed by atoms with van der Waals surface area (Å²) in [6, 6.07) is 7.06. The summed E-state index contributed by atoms with van der Waals surface area (Å²) >= 11 is 6.76. The summed E-state index contributed by atoms with van der Waals surface area (Å²) in [4.78, 5) is 12.2. The van der Waals surface area contributed by atoms with Gasteiger partial charge in [0.2, 0.25) is 0 Å². The molecule has 0 radical (unpaired) electrons. The molecular formula is C15H22N2OS2. The van der Waals surface area contributed by atoms with Crippen molar-refractivity contribution < 1.29 is 4.79 Å². The molecule has 0 saturated heterocycles. The normalized spacial score (nSPS) is 10.2. The predicted molar refractivity (Wildman–Crippen MR) is 91.5 cm³/mol. The monoisotopic (exact) mass is 310 g/mol. The molecule has 0 saturated carbocycles. The molecule has 0 atom stereocenters. The number of thioether (sulfide) groups is 1. The fourth-order valence-electron chi connectivity index (χ4n) is 1.81. The minimum atomic E-state index is -0.0383. The molecule has 0 bridgehead atoms. The van der Waals surface area contributed by atoms with Crippen molar-refractivity contribution in [3.63, 3.8) is 0 Å². The number of thiocarbonyl (C=S) groups is 1. The Labute approximate surface area is 130 Å². The number of carbonyl (C=O) groups is 1. The van der Waals surface area contributed by atoms with Crippen molar-refractivity contribution in [2.24, 2.45) is 5.73 Å². The highest BCUT2D eigenvalue weighted by Crippen LogP contribution is 2.06. The number of carbonyl (C=O) groups excluding carboxylic acids is 1. The number of unbranched alkanes of at least 4 members (excludes halogenated alkanes) is 3. The second kappa shape index (κ2) is 9.77. The van der Waals surface area contributed by atoms with E-state index < -0.39 is 0 Å². The van der Waals surface area contributed by atoms with Crippen molar-refractivity contribution >= 4 is 34.9 Å². The Morgan fingerprint density at radius 2 is 1.75 bits per heavy atom. The van der Waals surface area contributed by atoms with Gasteiger partial charge in [-0.15, -0.1) is 0 Å². The lowest BCUT2D eigenvalue weighted by atomic mass is 10.1. The SMILES string of the molecule is CSCCCCCCNC(=O)c1ccc(C(N)=S)cc1. The van der Waals surface area contributed by atoms with E-state index in [0.29, 0.717) is 10.6 Å². The van der Waals surface area contributed by atoms with Crippen LogP contribution in [-0.4, -0.2) is 29.4 Å². The highest BCUT2D eigenvalue weighted by Gasteiger charge is 2.05. The maximum atomic E-state index is 11.9. The molecular weight excluding hydrogens is 288 g/mol. The fraction of sp³-hybridized carbons (Fsp3) is 0.467. The maximum absolute atomic E-state index is 11.9. The summed E-state index contributed by atoms with van der Waals surface area (Å²) in [7, 11) is 0. The molecule has 1 rings (SSSR count). The molecule has 0 unspecified atom stereocenters. The first-order valence-corrected chi connectivity index (χ1v) is 8.62. The number of rotatable bonds is 9. The van der Waals surface area contributed by atoms with Gasteiger partial charge in [0.25, 0.3) is 5.91 Å². The lowest BCUT2D eigenvalue weighted by Gasteiger charge is -2.06. The average molecular weight is 310 g/mol. The average Bonchev–Trinajstić information content (AvgIpc) is 2.46. The first kappa shape index (κ1) is 17.0. The van der Waals surface area contributed by atoms with Crippen LogP contribution in [0.15, 0.2) is 24.3 Å². The highest BCUT2D eigenvalue weighted by molar-refractivity contribution is 7.98. The molecule has 3 nitrogen and oxygen atoms in total. The number of amides is 1. The number of benzene rings is 1. The Hall–Kier alpha value is -1.07. The van der Waals surface area contributed by atoms with E-state index in [1.165, 1.54) is 25.0 Å². The first-order valence-electron chi connectivity index (χ1n) is 6.82. The molecule has 1 aromatic rings. The highest BCUT2D eigenvalue weighted by atomic mass is 32.2. The topological polar surface area (TPSA) is 55.1 Å². The van der Waals surface area contributed by atoms with Crippen molar-refractivity contribution in [3.8, 4) is 0 Å². The summed E-state index contributed by atoms with van der Waals surface area (Å²) in [6.07, 6.45) is 6.82. The lowest BCUT2D eigenvalue weighted by Crippen LogP contribution is -2.24. The molecule has 0 fully saturated rings. The van der Waals surface area contributed by atoms with Gasteiger partial charge in [0.1, 0.15) is 4.99 Å². The molecule has 1 amide bonds. The van der Waals surface area contributed by atoms with Crippen LogP contribution in [0.25, 0.3) is 0 Å². The van der Waals surface area contributed by atoms with E-state index in [1.807, 2.05) is 11.8 Å². The standard InChI is InChI=1S/C15H22N2OS2/c1-20-11-5-3-2-4-10-17-15(18)13-8-6-12(7-9-13)14(16)19/h6-9H,2-5,10-11H2,1H3,(H2,16,19)(H,17,18). The molecule has 0 aliphatic rings. The minimum Gasteiger partial charge on any atom is -0.389 e. The van der Waals surface area contributed by atoms with Crippen molar-refractivity contribution in [3.05, 3.63) is 35.4 Å². The molecule has 0 aliphatic heterocycles. The third kappa shape index (κ3) is 6.39. The Bertz CT molecular complexity index is 432. The van der Waals surface area contributed by atoms with Gasteiger partial charge >= 0.3 is 0 Å². The molecule has 20 heavy (non-hydrogen) atoms. The van der Waals surface area contributed by atoms with E-state index in [2.05, 4.69) is 11.6 Å². The van der Waals surface area contributed by atoms with Crippen LogP contribution >= 0.6 is 24.0 Å². The number of hydrogen-bond acceptors (Lipinski definition) is 3. The number of nitrogens with two attached hydrogens (primary N) is 1. The molecule has 5 heteroatoms. The summed E-state index contributed by atoms with van der Waals surface area (Å²) in [5.74, 6) is 1.19. The van der Waals surface area contributed by atoms with E-state index in [-0.39, 0.29) is 5.91 Å². The van der Waals surface area contributed by atoms with Gasteiger partial charge in [-0.3, -0.25) is 4.79 Å². The largest absolute Gasteiger partial charge is 0.389 e. The van der Waals surface area contributed by atoms with Crippen LogP contribution < -0.4 is 11.1 Å². The van der Waals surface area contributed by atoms with Gasteiger partial charge in [0, 0.05) is 17.7 Å². The minimum absolute atomic E-state index is 0.0383. The lowest BCUT2D eigenvalue weighted by molar-refractivity contribution is 0.0953. The van der Waals surface area contributed by atoms with Crippen LogP contribution in [-0.2, 0) is 0 Å².